The van der Waals surface area contributed by atoms with Gasteiger partial charge in [0.1, 0.15) is 11.9 Å². The van der Waals surface area contributed by atoms with Gasteiger partial charge in [-0.25, -0.2) is 0 Å². The Kier molecular flexibility index (Phi) is 3.29. The van der Waals surface area contributed by atoms with Gasteiger partial charge >= 0.3 is 5.97 Å². The lowest BCUT2D eigenvalue weighted by Crippen LogP contribution is -2.05. The number of benzene rings is 1. The molecule has 1 atom stereocenters. The van der Waals surface area contributed by atoms with Gasteiger partial charge in [-0.1, -0.05) is 18.7 Å². The van der Waals surface area contributed by atoms with Crippen LogP contribution in [0.1, 0.15) is 18.6 Å². The highest BCUT2D eigenvalue weighted by Gasteiger charge is 2.09. The average Bonchev–Trinajstić information content (AvgIpc) is 2.15. The zero-order chi connectivity index (χ0) is 10.6. The molecule has 14 heavy (non-hydrogen) atoms. The highest BCUT2D eigenvalue weighted by Crippen LogP contribution is 2.20. The number of carbonyl (C=O) groups excluding carboxylic acids is 1. The van der Waals surface area contributed by atoms with Gasteiger partial charge in [-0.2, -0.15) is 0 Å². The molecule has 0 bridgehead atoms. The molecule has 1 aromatic rings. The second-order valence-corrected chi connectivity index (χ2v) is 2.86. The highest BCUT2D eigenvalue weighted by atomic mass is 16.5. The van der Waals surface area contributed by atoms with E-state index in [0.717, 1.165) is 5.56 Å². The highest BCUT2D eigenvalue weighted by molar-refractivity contribution is 5.66. The smallest absolute Gasteiger partial charge is 0.303 e. The van der Waals surface area contributed by atoms with Crippen LogP contribution in [0.2, 0.25) is 0 Å². The average molecular weight is 192 g/mol. The predicted octanol–water partition coefficient (Wildman–Crippen LogP) is 2.18. The van der Waals surface area contributed by atoms with Gasteiger partial charge in [-0.15, -0.1) is 0 Å². The molecule has 0 aliphatic heterocycles. The van der Waals surface area contributed by atoms with E-state index >= 15 is 0 Å². The Labute approximate surface area is 82.6 Å². The molecule has 0 fully saturated rings. The van der Waals surface area contributed by atoms with Gasteiger partial charge < -0.3 is 9.84 Å². The van der Waals surface area contributed by atoms with Gasteiger partial charge in [0, 0.05) is 6.92 Å². The number of ether oxygens (including phenoxy) is 1. The zero-order valence-electron chi connectivity index (χ0n) is 7.93. The van der Waals surface area contributed by atoms with E-state index in [0.29, 0.717) is 0 Å². The number of phenolic OH excluding ortho intramolecular Hbond substituents is 1. The topological polar surface area (TPSA) is 46.5 Å². The first-order chi connectivity index (χ1) is 6.63. The number of hydrogen-bond donors (Lipinski definition) is 1. The van der Waals surface area contributed by atoms with Crippen LogP contribution < -0.4 is 0 Å². The second kappa shape index (κ2) is 4.46. The molecule has 0 aliphatic rings. The van der Waals surface area contributed by atoms with Gasteiger partial charge in [-0.3, -0.25) is 4.79 Å². The summed E-state index contributed by atoms with van der Waals surface area (Å²) in [5, 5.41) is 9.06. The van der Waals surface area contributed by atoms with E-state index < -0.39 is 6.10 Å². The minimum atomic E-state index is -0.451. The fourth-order valence-electron chi connectivity index (χ4n) is 1.10. The summed E-state index contributed by atoms with van der Waals surface area (Å²) in [5.41, 5.74) is 0.785. The van der Waals surface area contributed by atoms with Crippen LogP contribution in [0, 0.1) is 0 Å². The van der Waals surface area contributed by atoms with Crippen LogP contribution in [0.25, 0.3) is 0 Å². The van der Waals surface area contributed by atoms with E-state index in [1.165, 1.54) is 25.1 Å². The van der Waals surface area contributed by atoms with Crippen molar-refractivity contribution in [1.82, 2.24) is 0 Å². The maximum absolute atomic E-state index is 10.7. The zero-order valence-corrected chi connectivity index (χ0v) is 7.93. The molecule has 1 rings (SSSR count). The third kappa shape index (κ3) is 2.62. The summed E-state index contributed by atoms with van der Waals surface area (Å²) in [5.74, 6) is -0.178. The molecule has 3 nitrogen and oxygen atoms in total. The summed E-state index contributed by atoms with van der Waals surface area (Å²) < 4.78 is 4.99. The molecule has 0 saturated heterocycles. The van der Waals surface area contributed by atoms with Crippen LogP contribution in [0.3, 0.4) is 0 Å². The number of hydrogen-bond acceptors (Lipinski definition) is 3. The van der Waals surface area contributed by atoms with Gasteiger partial charge in [0.25, 0.3) is 0 Å². The molecule has 3 heteroatoms. The Morgan fingerprint density at radius 3 is 2.50 bits per heavy atom. The molecule has 0 radical (unpaired) electrons. The molecule has 1 N–H and O–H groups in total. The Balaban J connectivity index is 2.84. The molecule has 0 spiro atoms. The van der Waals surface area contributed by atoms with Crippen molar-refractivity contribution in [3.05, 3.63) is 42.5 Å². The molecule has 0 heterocycles. The van der Waals surface area contributed by atoms with Crippen LogP contribution >= 0.6 is 0 Å². The Hall–Kier alpha value is -1.77. The summed E-state index contributed by atoms with van der Waals surface area (Å²) in [7, 11) is 0. The van der Waals surface area contributed by atoms with Crippen molar-refractivity contribution in [3.8, 4) is 5.75 Å². The second-order valence-electron chi connectivity index (χ2n) is 2.86. The summed E-state index contributed by atoms with van der Waals surface area (Å²) in [6.45, 7) is 4.92. The third-order valence-electron chi connectivity index (χ3n) is 1.73. The van der Waals surface area contributed by atoms with Crippen LogP contribution in [-0.2, 0) is 9.53 Å². The largest absolute Gasteiger partial charge is 0.508 e. The van der Waals surface area contributed by atoms with Gasteiger partial charge in [0.2, 0.25) is 0 Å². The summed E-state index contributed by atoms with van der Waals surface area (Å²) in [6.07, 6.45) is 1.08. The number of aromatic hydroxyl groups is 1. The third-order valence-corrected chi connectivity index (χ3v) is 1.73. The van der Waals surface area contributed by atoms with Crippen molar-refractivity contribution in [2.45, 2.75) is 13.0 Å². The first-order valence-electron chi connectivity index (χ1n) is 4.22. The van der Waals surface area contributed by atoms with Crippen molar-refractivity contribution in [2.75, 3.05) is 0 Å². The fourth-order valence-corrected chi connectivity index (χ4v) is 1.10. The SMILES string of the molecule is C=CC(OC(C)=O)c1ccc(O)cc1. The quantitative estimate of drug-likeness (QED) is 0.589. The first kappa shape index (κ1) is 10.3. The maximum Gasteiger partial charge on any atom is 0.303 e. The van der Waals surface area contributed by atoms with E-state index in [4.69, 9.17) is 9.84 Å². The summed E-state index contributed by atoms with van der Waals surface area (Å²) >= 11 is 0. The van der Waals surface area contributed by atoms with Crippen molar-refractivity contribution in [3.63, 3.8) is 0 Å². The lowest BCUT2D eigenvalue weighted by molar-refractivity contribution is -0.144. The number of esters is 1. The predicted molar refractivity (Wildman–Crippen MR) is 52.8 cm³/mol. The van der Waals surface area contributed by atoms with Crippen molar-refractivity contribution < 1.29 is 14.6 Å². The number of phenols is 1. The molecule has 0 amide bonds. The van der Waals surface area contributed by atoms with Crippen LogP contribution in [-0.4, -0.2) is 11.1 Å². The lowest BCUT2D eigenvalue weighted by atomic mass is 10.1. The minimum absolute atomic E-state index is 0.180. The Bertz CT molecular complexity index is 327. The van der Waals surface area contributed by atoms with Gasteiger partial charge in [0.05, 0.1) is 0 Å². The molecule has 0 saturated carbocycles. The lowest BCUT2D eigenvalue weighted by Gasteiger charge is -2.12. The van der Waals surface area contributed by atoms with Crippen LogP contribution in [0.15, 0.2) is 36.9 Å². The van der Waals surface area contributed by atoms with Crippen molar-refractivity contribution >= 4 is 5.97 Å². The summed E-state index contributed by atoms with van der Waals surface area (Å²) in [4.78, 5) is 10.7. The van der Waals surface area contributed by atoms with Crippen LogP contribution in [0.4, 0.5) is 0 Å². The number of rotatable bonds is 3. The molecule has 74 valence electrons. The van der Waals surface area contributed by atoms with E-state index in [9.17, 15) is 4.79 Å². The van der Waals surface area contributed by atoms with Gasteiger partial charge in [0.15, 0.2) is 0 Å². The Morgan fingerprint density at radius 1 is 1.50 bits per heavy atom. The fraction of sp³-hybridized carbons (Fsp3) is 0.182. The molecular formula is C11H12O3. The Morgan fingerprint density at radius 2 is 2.07 bits per heavy atom. The standard InChI is InChI=1S/C11H12O3/c1-3-11(14-8(2)12)9-4-6-10(13)7-5-9/h3-7,11,13H,1H2,2H3. The molecule has 0 aromatic heterocycles. The van der Waals surface area contributed by atoms with Crippen molar-refractivity contribution in [1.29, 1.82) is 0 Å². The van der Waals surface area contributed by atoms with E-state index in [1.54, 1.807) is 12.1 Å². The minimum Gasteiger partial charge on any atom is -0.508 e. The normalized spacial score (nSPS) is 11.8. The molecule has 0 aliphatic carbocycles. The molecule has 1 aromatic carbocycles. The molecular weight excluding hydrogens is 180 g/mol. The van der Waals surface area contributed by atoms with E-state index in [-0.39, 0.29) is 11.7 Å². The van der Waals surface area contributed by atoms with E-state index in [2.05, 4.69) is 6.58 Å². The van der Waals surface area contributed by atoms with Crippen LogP contribution in [0.5, 0.6) is 5.75 Å². The van der Waals surface area contributed by atoms with Gasteiger partial charge in [-0.05, 0) is 23.8 Å². The van der Waals surface area contributed by atoms with Crippen molar-refractivity contribution in [2.24, 2.45) is 0 Å². The summed E-state index contributed by atoms with van der Waals surface area (Å²) in [6, 6.07) is 6.44. The maximum atomic E-state index is 10.7. The van der Waals surface area contributed by atoms with E-state index in [1.807, 2.05) is 0 Å². The molecule has 1 unspecified atom stereocenters. The number of carbonyl (C=O) groups is 1. The monoisotopic (exact) mass is 192 g/mol. The first-order valence-corrected chi connectivity index (χ1v) is 4.22.